The van der Waals surface area contributed by atoms with E-state index in [2.05, 4.69) is 15.6 Å². The zero-order chi connectivity index (χ0) is 28.7. The Hall–Kier alpha value is -3.20. The minimum atomic E-state index is -0.949. The number of hydrogen-bond acceptors (Lipinski definition) is 6. The molecule has 1 aromatic heterocycles. The molecule has 10 heteroatoms. The number of nitrogens with one attached hydrogen (secondary N) is 3. The van der Waals surface area contributed by atoms with Crippen molar-refractivity contribution in [2.75, 3.05) is 0 Å². The lowest BCUT2D eigenvalue weighted by Gasteiger charge is -2.37. The van der Waals surface area contributed by atoms with Crippen molar-refractivity contribution in [2.45, 2.75) is 98.1 Å². The van der Waals surface area contributed by atoms with Gasteiger partial charge in [0.1, 0.15) is 5.60 Å². The van der Waals surface area contributed by atoms with Crippen LogP contribution >= 0.6 is 11.6 Å². The highest BCUT2D eigenvalue weighted by molar-refractivity contribution is 6.33. The molecule has 1 aromatic carbocycles. The highest BCUT2D eigenvalue weighted by Crippen LogP contribution is 2.51. The van der Waals surface area contributed by atoms with Crippen molar-refractivity contribution in [3.8, 4) is 11.5 Å². The van der Waals surface area contributed by atoms with Gasteiger partial charge in [0.25, 0.3) is 17.3 Å². The number of alkyl carbamates (subject to hydrolysis) is 1. The first-order valence-corrected chi connectivity index (χ1v) is 13.7. The Morgan fingerprint density at radius 1 is 1.10 bits per heavy atom. The molecule has 1 aliphatic heterocycles. The Morgan fingerprint density at radius 3 is 2.36 bits per heavy atom. The molecule has 0 radical (unpaired) electrons. The molecule has 0 saturated heterocycles. The molecule has 39 heavy (non-hydrogen) atoms. The number of amides is 2. The van der Waals surface area contributed by atoms with Crippen molar-refractivity contribution in [1.82, 2.24) is 15.6 Å². The molecule has 3 N–H and O–H groups in total. The van der Waals surface area contributed by atoms with Gasteiger partial charge in [-0.05, 0) is 84.9 Å². The summed E-state index contributed by atoms with van der Waals surface area (Å²) in [6.45, 7) is 12.9. The Morgan fingerprint density at radius 2 is 1.74 bits per heavy atom. The number of hydrogen-bond donors (Lipinski definition) is 3. The van der Waals surface area contributed by atoms with Crippen LogP contribution in [0.3, 0.4) is 0 Å². The number of H-pyrrole nitrogens is 1. The normalized spacial score (nSPS) is 22.4. The first-order chi connectivity index (χ1) is 18.2. The van der Waals surface area contributed by atoms with E-state index in [1.165, 1.54) is 0 Å². The number of aromatic nitrogens is 1. The number of benzene rings is 1. The topological polar surface area (TPSA) is 119 Å². The van der Waals surface area contributed by atoms with Crippen molar-refractivity contribution in [3.63, 3.8) is 0 Å². The fourth-order valence-electron chi connectivity index (χ4n) is 5.35. The average Bonchev–Trinajstić information content (AvgIpc) is 3.19. The second kappa shape index (κ2) is 10.8. The molecule has 4 rings (SSSR count). The van der Waals surface area contributed by atoms with Gasteiger partial charge in [-0.25, -0.2) is 4.79 Å². The summed E-state index contributed by atoms with van der Waals surface area (Å²) in [5, 5.41) is 6.08. The number of pyridine rings is 1. The summed E-state index contributed by atoms with van der Waals surface area (Å²) >= 11 is 6.57. The second-order valence-electron chi connectivity index (χ2n) is 11.7. The van der Waals surface area contributed by atoms with Gasteiger partial charge >= 0.3 is 6.09 Å². The molecule has 1 unspecified atom stereocenters. The fraction of sp³-hybridized carbons (Fsp3) is 0.552. The molecule has 2 aromatic rings. The van der Waals surface area contributed by atoms with E-state index in [0.717, 1.165) is 36.9 Å². The highest BCUT2D eigenvalue weighted by Gasteiger charge is 2.47. The summed E-state index contributed by atoms with van der Waals surface area (Å²) in [4.78, 5) is 40.4. The van der Waals surface area contributed by atoms with Crippen LogP contribution in [-0.2, 0) is 11.3 Å². The van der Waals surface area contributed by atoms with E-state index in [9.17, 15) is 14.4 Å². The van der Waals surface area contributed by atoms with Crippen molar-refractivity contribution in [1.29, 1.82) is 0 Å². The van der Waals surface area contributed by atoms with Crippen LogP contribution in [-0.4, -0.2) is 34.4 Å². The molecule has 2 aliphatic rings. The van der Waals surface area contributed by atoms with Crippen LogP contribution in [0.2, 0.25) is 5.02 Å². The summed E-state index contributed by atoms with van der Waals surface area (Å²) in [5.74, 6) is -0.371. The van der Waals surface area contributed by atoms with Crippen LogP contribution < -0.4 is 25.7 Å². The Kier molecular flexibility index (Phi) is 7.94. The molecule has 212 valence electrons. The number of carbonyl (C=O) groups is 2. The lowest BCUT2D eigenvalue weighted by Crippen LogP contribution is -2.48. The fourth-order valence-corrected chi connectivity index (χ4v) is 5.58. The van der Waals surface area contributed by atoms with Gasteiger partial charge in [-0.2, -0.15) is 0 Å². The van der Waals surface area contributed by atoms with E-state index < -0.39 is 17.5 Å². The SMILES string of the molecule is Cc1cc(C)c(CNC(=O)c2cc(Cl)c3c(c2C)OC(C)(C2CCC(NC(=O)OC(C)(C)C)CC2)O3)c(=O)[nH]1. The second-order valence-corrected chi connectivity index (χ2v) is 12.1. The Balaban J connectivity index is 1.42. The van der Waals surface area contributed by atoms with Crippen LogP contribution in [0.25, 0.3) is 0 Å². The maximum Gasteiger partial charge on any atom is 0.407 e. The van der Waals surface area contributed by atoms with Crippen LogP contribution in [0.5, 0.6) is 11.5 Å². The van der Waals surface area contributed by atoms with E-state index in [0.29, 0.717) is 28.2 Å². The number of aromatic amines is 1. The number of fused-ring (bicyclic) bond motifs is 1. The molecular weight excluding hydrogens is 522 g/mol. The molecule has 1 fully saturated rings. The number of ether oxygens (including phenoxy) is 3. The summed E-state index contributed by atoms with van der Waals surface area (Å²) in [6.07, 6.45) is 2.67. The molecule has 1 aliphatic carbocycles. The maximum absolute atomic E-state index is 13.1. The van der Waals surface area contributed by atoms with Gasteiger partial charge in [-0.15, -0.1) is 0 Å². The zero-order valence-corrected chi connectivity index (χ0v) is 24.4. The van der Waals surface area contributed by atoms with E-state index in [1.807, 2.05) is 47.6 Å². The third-order valence-electron chi connectivity index (χ3n) is 7.40. The Labute approximate surface area is 233 Å². The highest BCUT2D eigenvalue weighted by atomic mass is 35.5. The molecule has 9 nitrogen and oxygen atoms in total. The first-order valence-electron chi connectivity index (χ1n) is 13.3. The predicted molar refractivity (Wildman–Crippen MR) is 149 cm³/mol. The van der Waals surface area contributed by atoms with Crippen LogP contribution in [0.15, 0.2) is 16.9 Å². The first kappa shape index (κ1) is 28.8. The average molecular weight is 560 g/mol. The third-order valence-corrected chi connectivity index (χ3v) is 7.68. The van der Waals surface area contributed by atoms with E-state index >= 15 is 0 Å². The molecule has 2 amide bonds. The maximum atomic E-state index is 13.1. The van der Waals surface area contributed by atoms with Gasteiger partial charge in [0.15, 0.2) is 11.5 Å². The predicted octanol–water partition coefficient (Wildman–Crippen LogP) is 5.45. The van der Waals surface area contributed by atoms with Crippen molar-refractivity contribution < 1.29 is 23.8 Å². The van der Waals surface area contributed by atoms with Crippen LogP contribution in [0.1, 0.15) is 86.1 Å². The number of halogens is 1. The minimum Gasteiger partial charge on any atom is -0.448 e. The summed E-state index contributed by atoms with van der Waals surface area (Å²) in [6, 6.07) is 3.47. The lowest BCUT2D eigenvalue weighted by molar-refractivity contribution is -0.121. The van der Waals surface area contributed by atoms with Crippen LogP contribution in [0, 0.1) is 26.7 Å². The van der Waals surface area contributed by atoms with E-state index in [-0.39, 0.29) is 35.0 Å². The van der Waals surface area contributed by atoms with Gasteiger partial charge in [0.2, 0.25) is 0 Å². The number of carbonyl (C=O) groups excluding carboxylic acids is 2. The zero-order valence-electron chi connectivity index (χ0n) is 23.7. The van der Waals surface area contributed by atoms with Gasteiger partial charge in [-0.3, -0.25) is 9.59 Å². The lowest BCUT2D eigenvalue weighted by atomic mass is 9.81. The van der Waals surface area contributed by atoms with Crippen LogP contribution in [0.4, 0.5) is 4.79 Å². The summed E-state index contributed by atoms with van der Waals surface area (Å²) < 4.78 is 18.1. The monoisotopic (exact) mass is 559 g/mol. The van der Waals surface area contributed by atoms with E-state index in [1.54, 1.807) is 13.0 Å². The standard InChI is InChI=1S/C29H38ClN3O6/c1-15-12-16(2)32-26(35)21(15)14-31-25(34)20-13-22(30)24-23(17(20)3)37-29(7,38-24)18-8-10-19(11-9-18)33-27(36)39-28(4,5)6/h12-13,18-19H,8-11,14H2,1-7H3,(H,31,34)(H,32,35)(H,33,36). The molecule has 2 heterocycles. The molecule has 1 atom stereocenters. The Bertz CT molecular complexity index is 1340. The number of aryl methyl sites for hydroxylation is 2. The summed E-state index contributed by atoms with van der Waals surface area (Å²) in [7, 11) is 0. The smallest absolute Gasteiger partial charge is 0.407 e. The van der Waals surface area contributed by atoms with Gasteiger partial charge in [-0.1, -0.05) is 11.6 Å². The van der Waals surface area contributed by atoms with Gasteiger partial charge < -0.3 is 29.8 Å². The summed E-state index contributed by atoms with van der Waals surface area (Å²) in [5.41, 5.74) is 2.28. The van der Waals surface area contributed by atoms with Crippen molar-refractivity contribution in [3.05, 3.63) is 55.5 Å². The quantitative estimate of drug-likeness (QED) is 0.448. The molecule has 1 saturated carbocycles. The van der Waals surface area contributed by atoms with Crippen molar-refractivity contribution in [2.24, 2.45) is 5.92 Å². The molecule has 0 spiro atoms. The molecule has 0 bridgehead atoms. The molecular formula is C29H38ClN3O6. The minimum absolute atomic E-state index is 0.0218. The van der Waals surface area contributed by atoms with Gasteiger partial charge in [0, 0.05) is 47.8 Å². The third kappa shape index (κ3) is 6.35. The largest absolute Gasteiger partial charge is 0.448 e. The van der Waals surface area contributed by atoms with E-state index in [4.69, 9.17) is 25.8 Å². The van der Waals surface area contributed by atoms with Gasteiger partial charge in [0.05, 0.1) is 5.02 Å². The number of rotatable bonds is 5. The van der Waals surface area contributed by atoms with Crippen molar-refractivity contribution >= 4 is 23.6 Å².